The molecule has 24 heavy (non-hydrogen) atoms. The zero-order chi connectivity index (χ0) is 16.7. The van der Waals surface area contributed by atoms with Crippen molar-refractivity contribution in [2.75, 3.05) is 11.4 Å². The van der Waals surface area contributed by atoms with E-state index >= 15 is 0 Å². The highest BCUT2D eigenvalue weighted by atomic mass is 15.4. The standard InChI is InChI=1S/C19H23N5/c1-13(2)10-15-11-23(12-19-22-21-14(3)24(15)19)18-8-9-20-17-7-5-4-6-16(17)18/h4-9,13,15H,10-12H2,1-3H3/t15-/m0/s1. The van der Waals surface area contributed by atoms with E-state index in [1.54, 1.807) is 0 Å². The van der Waals surface area contributed by atoms with Gasteiger partial charge < -0.3 is 9.47 Å². The van der Waals surface area contributed by atoms with Crippen molar-refractivity contribution in [1.29, 1.82) is 0 Å². The van der Waals surface area contributed by atoms with Crippen molar-refractivity contribution in [2.24, 2.45) is 5.92 Å². The molecular formula is C19H23N5. The highest BCUT2D eigenvalue weighted by Gasteiger charge is 2.29. The van der Waals surface area contributed by atoms with Gasteiger partial charge in [0.25, 0.3) is 0 Å². The van der Waals surface area contributed by atoms with E-state index in [2.05, 4.69) is 69.7 Å². The molecule has 0 radical (unpaired) electrons. The van der Waals surface area contributed by atoms with Gasteiger partial charge in [-0.25, -0.2) is 0 Å². The van der Waals surface area contributed by atoms with Crippen molar-refractivity contribution >= 4 is 16.6 Å². The molecule has 0 fully saturated rings. The molecule has 124 valence electrons. The summed E-state index contributed by atoms with van der Waals surface area (Å²) in [7, 11) is 0. The lowest BCUT2D eigenvalue weighted by atomic mass is 10.0. The number of anilines is 1. The Labute approximate surface area is 142 Å². The molecule has 5 nitrogen and oxygen atoms in total. The molecule has 0 spiro atoms. The van der Waals surface area contributed by atoms with Crippen LogP contribution in [0.1, 0.15) is 38.0 Å². The molecule has 1 aromatic carbocycles. The number of rotatable bonds is 3. The van der Waals surface area contributed by atoms with Crippen LogP contribution in [0.5, 0.6) is 0 Å². The van der Waals surface area contributed by atoms with Gasteiger partial charge in [0.15, 0.2) is 5.82 Å². The molecule has 4 rings (SSSR count). The van der Waals surface area contributed by atoms with Gasteiger partial charge in [0.05, 0.1) is 18.1 Å². The molecule has 0 saturated heterocycles. The lowest BCUT2D eigenvalue weighted by molar-refractivity contribution is 0.358. The first kappa shape index (κ1) is 15.1. The van der Waals surface area contributed by atoms with Gasteiger partial charge in [-0.1, -0.05) is 32.0 Å². The average Bonchev–Trinajstić information content (AvgIpc) is 2.95. The minimum absolute atomic E-state index is 0.413. The Morgan fingerprint density at radius 3 is 2.83 bits per heavy atom. The summed E-state index contributed by atoms with van der Waals surface area (Å²) < 4.78 is 2.33. The highest BCUT2D eigenvalue weighted by molar-refractivity contribution is 5.91. The van der Waals surface area contributed by atoms with Gasteiger partial charge in [-0.2, -0.15) is 0 Å². The maximum absolute atomic E-state index is 4.49. The molecule has 0 saturated carbocycles. The monoisotopic (exact) mass is 321 g/mol. The van der Waals surface area contributed by atoms with Crippen LogP contribution in [-0.4, -0.2) is 26.3 Å². The van der Waals surface area contributed by atoms with E-state index in [0.717, 1.165) is 36.7 Å². The molecular weight excluding hydrogens is 298 g/mol. The van der Waals surface area contributed by atoms with Gasteiger partial charge in [-0.15, -0.1) is 10.2 Å². The minimum Gasteiger partial charge on any atom is -0.361 e. The summed E-state index contributed by atoms with van der Waals surface area (Å²) in [5.41, 5.74) is 2.28. The summed E-state index contributed by atoms with van der Waals surface area (Å²) in [5, 5.41) is 9.95. The number of nitrogens with zero attached hydrogens (tertiary/aromatic N) is 5. The number of fused-ring (bicyclic) bond motifs is 2. The zero-order valence-corrected chi connectivity index (χ0v) is 14.5. The van der Waals surface area contributed by atoms with Crippen LogP contribution in [0, 0.1) is 12.8 Å². The number of hydrogen-bond donors (Lipinski definition) is 0. The molecule has 1 atom stereocenters. The van der Waals surface area contributed by atoms with E-state index in [1.165, 1.54) is 11.1 Å². The first-order valence-electron chi connectivity index (χ1n) is 8.62. The lowest BCUT2D eigenvalue weighted by Gasteiger charge is -2.36. The van der Waals surface area contributed by atoms with Crippen LogP contribution in [0.4, 0.5) is 5.69 Å². The first-order chi connectivity index (χ1) is 11.6. The van der Waals surface area contributed by atoms with E-state index in [9.17, 15) is 0 Å². The normalized spacial score (nSPS) is 17.5. The second-order valence-electron chi connectivity index (χ2n) is 7.04. The van der Waals surface area contributed by atoms with Crippen molar-refractivity contribution in [1.82, 2.24) is 19.7 Å². The molecule has 3 aromatic rings. The van der Waals surface area contributed by atoms with Gasteiger partial charge in [0, 0.05) is 23.8 Å². The molecule has 0 bridgehead atoms. The summed E-state index contributed by atoms with van der Waals surface area (Å²) >= 11 is 0. The summed E-state index contributed by atoms with van der Waals surface area (Å²) in [6, 6.07) is 10.9. The minimum atomic E-state index is 0.413. The van der Waals surface area contributed by atoms with E-state index in [4.69, 9.17) is 0 Å². The zero-order valence-electron chi connectivity index (χ0n) is 14.5. The Bertz CT molecular complexity index is 862. The number of pyridine rings is 1. The third-order valence-electron chi connectivity index (χ3n) is 4.78. The summed E-state index contributed by atoms with van der Waals surface area (Å²) in [6.45, 7) is 8.39. The van der Waals surface area contributed by atoms with Crippen molar-refractivity contribution in [3.8, 4) is 0 Å². The Morgan fingerprint density at radius 2 is 2.00 bits per heavy atom. The molecule has 0 aliphatic carbocycles. The summed E-state index contributed by atoms with van der Waals surface area (Å²) in [5.74, 6) is 2.72. The van der Waals surface area contributed by atoms with Crippen LogP contribution in [0.15, 0.2) is 36.5 Å². The molecule has 0 unspecified atom stereocenters. The summed E-state index contributed by atoms with van der Waals surface area (Å²) in [4.78, 5) is 6.92. The predicted octanol–water partition coefficient (Wildman–Crippen LogP) is 3.74. The van der Waals surface area contributed by atoms with Gasteiger partial charge >= 0.3 is 0 Å². The van der Waals surface area contributed by atoms with Crippen LogP contribution in [-0.2, 0) is 6.54 Å². The quantitative estimate of drug-likeness (QED) is 0.737. The van der Waals surface area contributed by atoms with Crippen LogP contribution >= 0.6 is 0 Å². The second-order valence-corrected chi connectivity index (χ2v) is 7.04. The average molecular weight is 321 g/mol. The third-order valence-corrected chi connectivity index (χ3v) is 4.78. The number of aromatic nitrogens is 4. The molecule has 0 N–H and O–H groups in total. The molecule has 0 amide bonds. The van der Waals surface area contributed by atoms with Crippen LogP contribution in [0.25, 0.3) is 10.9 Å². The number of para-hydroxylation sites is 1. The van der Waals surface area contributed by atoms with Gasteiger partial charge in [-0.05, 0) is 31.4 Å². The lowest BCUT2D eigenvalue weighted by Crippen LogP contribution is -2.38. The molecule has 3 heterocycles. The van der Waals surface area contributed by atoms with Gasteiger partial charge in [-0.3, -0.25) is 4.98 Å². The Balaban J connectivity index is 1.77. The molecule has 5 heteroatoms. The van der Waals surface area contributed by atoms with Crippen molar-refractivity contribution in [3.05, 3.63) is 48.2 Å². The maximum Gasteiger partial charge on any atom is 0.152 e. The van der Waals surface area contributed by atoms with Crippen molar-refractivity contribution in [2.45, 2.75) is 39.8 Å². The fourth-order valence-corrected chi connectivity index (χ4v) is 3.83. The van der Waals surface area contributed by atoms with Gasteiger partial charge in [0.2, 0.25) is 0 Å². The molecule has 1 aliphatic heterocycles. The van der Waals surface area contributed by atoms with Crippen LogP contribution in [0.3, 0.4) is 0 Å². The Hall–Kier alpha value is -2.43. The Kier molecular flexibility index (Phi) is 3.71. The third kappa shape index (κ3) is 2.54. The van der Waals surface area contributed by atoms with E-state index in [0.29, 0.717) is 12.0 Å². The maximum atomic E-state index is 4.49. The number of benzene rings is 1. The topological polar surface area (TPSA) is 46.8 Å². The molecule has 2 aromatic heterocycles. The van der Waals surface area contributed by atoms with Crippen LogP contribution < -0.4 is 4.90 Å². The fourth-order valence-electron chi connectivity index (χ4n) is 3.83. The van der Waals surface area contributed by atoms with Crippen LogP contribution in [0.2, 0.25) is 0 Å². The second kappa shape index (κ2) is 5.89. The Morgan fingerprint density at radius 1 is 1.17 bits per heavy atom. The fraction of sp³-hybridized carbons (Fsp3) is 0.421. The summed E-state index contributed by atoms with van der Waals surface area (Å²) in [6.07, 6.45) is 3.03. The predicted molar refractivity (Wildman–Crippen MR) is 96.0 cm³/mol. The number of hydrogen-bond acceptors (Lipinski definition) is 4. The first-order valence-corrected chi connectivity index (χ1v) is 8.62. The highest BCUT2D eigenvalue weighted by Crippen LogP contribution is 2.33. The van der Waals surface area contributed by atoms with E-state index in [1.807, 2.05) is 12.3 Å². The SMILES string of the molecule is Cc1nnc2n1[C@@H](CC(C)C)CN(c1ccnc3ccccc13)C2. The van der Waals surface area contributed by atoms with E-state index < -0.39 is 0 Å². The van der Waals surface area contributed by atoms with Crippen molar-refractivity contribution in [3.63, 3.8) is 0 Å². The smallest absolute Gasteiger partial charge is 0.152 e. The molecule has 1 aliphatic rings. The van der Waals surface area contributed by atoms with Gasteiger partial charge in [0.1, 0.15) is 5.82 Å². The van der Waals surface area contributed by atoms with Crippen molar-refractivity contribution < 1.29 is 0 Å². The van der Waals surface area contributed by atoms with E-state index in [-0.39, 0.29) is 0 Å². The largest absolute Gasteiger partial charge is 0.361 e. The number of aryl methyl sites for hydroxylation is 1.